The Bertz CT molecular complexity index is 356. The third-order valence-corrected chi connectivity index (χ3v) is 4.00. The summed E-state index contributed by atoms with van der Waals surface area (Å²) in [5.41, 5.74) is 2.14. The SMILES string of the molecule is CNC1([C@H](O)c2ccccc2C)CCCC1. The Hall–Kier alpha value is -0.860. The molecule has 0 heterocycles. The summed E-state index contributed by atoms with van der Waals surface area (Å²) in [6.07, 6.45) is 4.17. The Balaban J connectivity index is 2.30. The molecule has 2 heteroatoms. The van der Waals surface area contributed by atoms with Crippen LogP contribution in [0.1, 0.15) is 42.9 Å². The molecule has 1 saturated carbocycles. The average Bonchev–Trinajstić information content (AvgIpc) is 2.78. The number of aliphatic hydroxyl groups excluding tert-OH is 1. The van der Waals surface area contributed by atoms with Crippen LogP contribution in [0.5, 0.6) is 0 Å². The average molecular weight is 219 g/mol. The van der Waals surface area contributed by atoms with Crippen molar-refractivity contribution in [1.29, 1.82) is 0 Å². The fourth-order valence-electron chi connectivity index (χ4n) is 2.86. The van der Waals surface area contributed by atoms with E-state index >= 15 is 0 Å². The predicted molar refractivity (Wildman–Crippen MR) is 66.4 cm³/mol. The van der Waals surface area contributed by atoms with Crippen molar-refractivity contribution in [2.45, 2.75) is 44.2 Å². The van der Waals surface area contributed by atoms with Gasteiger partial charge >= 0.3 is 0 Å². The van der Waals surface area contributed by atoms with E-state index in [0.29, 0.717) is 0 Å². The quantitative estimate of drug-likeness (QED) is 0.819. The van der Waals surface area contributed by atoms with Crippen LogP contribution in [-0.2, 0) is 0 Å². The van der Waals surface area contributed by atoms with Crippen LogP contribution in [0.4, 0.5) is 0 Å². The standard InChI is InChI=1S/C14H21NO/c1-11-7-3-4-8-12(11)13(16)14(15-2)9-5-6-10-14/h3-4,7-8,13,15-16H,5-6,9-10H2,1-2H3/t13-/m1/s1. The molecule has 2 nitrogen and oxygen atoms in total. The van der Waals surface area contributed by atoms with E-state index in [0.717, 1.165) is 18.4 Å². The zero-order valence-electron chi connectivity index (χ0n) is 10.2. The number of hydrogen-bond acceptors (Lipinski definition) is 2. The van der Waals surface area contributed by atoms with Gasteiger partial charge in [-0.3, -0.25) is 0 Å². The highest BCUT2D eigenvalue weighted by molar-refractivity contribution is 5.30. The first-order chi connectivity index (χ1) is 7.69. The van der Waals surface area contributed by atoms with E-state index in [-0.39, 0.29) is 11.6 Å². The van der Waals surface area contributed by atoms with E-state index in [4.69, 9.17) is 0 Å². The predicted octanol–water partition coefficient (Wildman–Crippen LogP) is 2.56. The van der Waals surface area contributed by atoms with E-state index in [9.17, 15) is 5.11 Å². The zero-order valence-corrected chi connectivity index (χ0v) is 10.2. The van der Waals surface area contributed by atoms with Gasteiger partial charge in [0.25, 0.3) is 0 Å². The lowest BCUT2D eigenvalue weighted by Gasteiger charge is -2.35. The highest BCUT2D eigenvalue weighted by Gasteiger charge is 2.40. The van der Waals surface area contributed by atoms with E-state index in [1.807, 2.05) is 25.2 Å². The molecule has 2 rings (SSSR count). The summed E-state index contributed by atoms with van der Waals surface area (Å²) in [5.74, 6) is 0. The summed E-state index contributed by atoms with van der Waals surface area (Å²) in [5, 5.41) is 13.9. The van der Waals surface area contributed by atoms with Crippen molar-refractivity contribution in [3.63, 3.8) is 0 Å². The van der Waals surface area contributed by atoms with E-state index in [2.05, 4.69) is 18.3 Å². The minimum atomic E-state index is -0.388. The van der Waals surface area contributed by atoms with Crippen LogP contribution < -0.4 is 5.32 Å². The van der Waals surface area contributed by atoms with Crippen molar-refractivity contribution in [1.82, 2.24) is 5.32 Å². The van der Waals surface area contributed by atoms with Gasteiger partial charge in [0.1, 0.15) is 0 Å². The molecule has 88 valence electrons. The van der Waals surface area contributed by atoms with Crippen LogP contribution in [0.15, 0.2) is 24.3 Å². The largest absolute Gasteiger partial charge is 0.386 e. The number of nitrogens with one attached hydrogen (secondary N) is 1. The van der Waals surface area contributed by atoms with Gasteiger partial charge in [0.15, 0.2) is 0 Å². The Labute approximate surface area is 97.7 Å². The molecule has 1 fully saturated rings. The van der Waals surface area contributed by atoms with Gasteiger partial charge in [-0.05, 0) is 37.9 Å². The normalized spacial score (nSPS) is 20.9. The minimum absolute atomic E-state index is 0.105. The molecular formula is C14H21NO. The van der Waals surface area contributed by atoms with Gasteiger partial charge < -0.3 is 10.4 Å². The molecule has 0 amide bonds. The topological polar surface area (TPSA) is 32.3 Å². The lowest BCUT2D eigenvalue weighted by molar-refractivity contribution is 0.0662. The smallest absolute Gasteiger partial charge is 0.0973 e. The second kappa shape index (κ2) is 4.56. The summed E-state index contributed by atoms with van der Waals surface area (Å²) in [6.45, 7) is 2.07. The number of likely N-dealkylation sites (N-methyl/N-ethyl adjacent to an activating group) is 1. The molecule has 0 aliphatic heterocycles. The third-order valence-electron chi connectivity index (χ3n) is 4.00. The van der Waals surface area contributed by atoms with Crippen molar-refractivity contribution >= 4 is 0 Å². The van der Waals surface area contributed by atoms with Crippen LogP contribution in [0.25, 0.3) is 0 Å². The van der Waals surface area contributed by atoms with Gasteiger partial charge in [-0.1, -0.05) is 37.1 Å². The molecule has 1 aliphatic carbocycles. The second-order valence-electron chi connectivity index (χ2n) is 4.87. The van der Waals surface area contributed by atoms with Gasteiger partial charge in [-0.15, -0.1) is 0 Å². The van der Waals surface area contributed by atoms with Crippen LogP contribution in [0, 0.1) is 6.92 Å². The van der Waals surface area contributed by atoms with Crippen LogP contribution in [0.2, 0.25) is 0 Å². The fourth-order valence-corrected chi connectivity index (χ4v) is 2.86. The summed E-state index contributed by atoms with van der Waals surface area (Å²) >= 11 is 0. The van der Waals surface area contributed by atoms with Crippen LogP contribution in [-0.4, -0.2) is 17.7 Å². The van der Waals surface area contributed by atoms with Crippen molar-refractivity contribution in [3.8, 4) is 0 Å². The first-order valence-corrected chi connectivity index (χ1v) is 6.12. The van der Waals surface area contributed by atoms with Crippen LogP contribution >= 0.6 is 0 Å². The Morgan fingerprint density at radius 2 is 1.88 bits per heavy atom. The van der Waals surface area contributed by atoms with Gasteiger partial charge in [-0.25, -0.2) is 0 Å². The van der Waals surface area contributed by atoms with Crippen molar-refractivity contribution in [2.24, 2.45) is 0 Å². The van der Waals surface area contributed by atoms with Crippen molar-refractivity contribution < 1.29 is 5.11 Å². The lowest BCUT2D eigenvalue weighted by atomic mass is 9.84. The Morgan fingerprint density at radius 1 is 1.25 bits per heavy atom. The molecule has 1 aromatic carbocycles. The third kappa shape index (κ3) is 1.87. The molecule has 0 saturated heterocycles. The van der Waals surface area contributed by atoms with Crippen molar-refractivity contribution in [3.05, 3.63) is 35.4 Å². The molecule has 2 N–H and O–H groups in total. The maximum absolute atomic E-state index is 10.6. The monoisotopic (exact) mass is 219 g/mol. The number of hydrogen-bond donors (Lipinski definition) is 2. The van der Waals surface area contributed by atoms with Crippen LogP contribution in [0.3, 0.4) is 0 Å². The number of aryl methyl sites for hydroxylation is 1. The summed E-state index contributed by atoms with van der Waals surface area (Å²) in [7, 11) is 1.97. The first-order valence-electron chi connectivity index (χ1n) is 6.12. The van der Waals surface area contributed by atoms with Gasteiger partial charge in [0, 0.05) is 5.54 Å². The maximum atomic E-state index is 10.6. The van der Waals surface area contributed by atoms with Crippen molar-refractivity contribution in [2.75, 3.05) is 7.05 Å². The summed E-state index contributed by atoms with van der Waals surface area (Å²) in [6, 6.07) is 8.13. The molecule has 0 radical (unpaired) electrons. The Morgan fingerprint density at radius 3 is 2.44 bits per heavy atom. The Kier molecular flexibility index (Phi) is 3.31. The maximum Gasteiger partial charge on any atom is 0.0973 e. The van der Waals surface area contributed by atoms with Gasteiger partial charge in [-0.2, -0.15) is 0 Å². The number of rotatable bonds is 3. The second-order valence-corrected chi connectivity index (χ2v) is 4.87. The van der Waals surface area contributed by atoms with E-state index in [1.165, 1.54) is 18.4 Å². The number of aliphatic hydroxyl groups is 1. The number of benzene rings is 1. The summed E-state index contributed by atoms with van der Waals surface area (Å²) < 4.78 is 0. The molecule has 1 atom stereocenters. The zero-order chi connectivity index (χ0) is 11.6. The molecule has 1 aliphatic rings. The molecule has 16 heavy (non-hydrogen) atoms. The van der Waals surface area contributed by atoms with E-state index < -0.39 is 0 Å². The van der Waals surface area contributed by atoms with Gasteiger partial charge in [0.05, 0.1) is 6.10 Å². The van der Waals surface area contributed by atoms with E-state index in [1.54, 1.807) is 0 Å². The molecule has 0 spiro atoms. The molecule has 0 unspecified atom stereocenters. The molecule has 0 aromatic heterocycles. The highest BCUT2D eigenvalue weighted by atomic mass is 16.3. The minimum Gasteiger partial charge on any atom is -0.386 e. The summed E-state index contributed by atoms with van der Waals surface area (Å²) in [4.78, 5) is 0. The molecule has 1 aromatic rings. The molecule has 0 bridgehead atoms. The fraction of sp³-hybridized carbons (Fsp3) is 0.571. The first kappa shape index (κ1) is 11.6. The van der Waals surface area contributed by atoms with Gasteiger partial charge in [0.2, 0.25) is 0 Å². The highest BCUT2D eigenvalue weighted by Crippen LogP contribution is 2.40. The molecular weight excluding hydrogens is 198 g/mol. The lowest BCUT2D eigenvalue weighted by Crippen LogP contribution is -2.46.